The van der Waals surface area contributed by atoms with Gasteiger partial charge >= 0.3 is 0 Å². The van der Waals surface area contributed by atoms with Crippen LogP contribution in [0.3, 0.4) is 0 Å². The monoisotopic (exact) mass is 333 g/mol. The summed E-state index contributed by atoms with van der Waals surface area (Å²) in [5.74, 6) is 0.213. The van der Waals surface area contributed by atoms with Crippen molar-refractivity contribution >= 4 is 17.2 Å². The van der Waals surface area contributed by atoms with E-state index < -0.39 is 0 Å². The van der Waals surface area contributed by atoms with Gasteiger partial charge in [-0.25, -0.2) is 4.98 Å². The number of rotatable bonds is 5. The molecule has 2 aromatic heterocycles. The van der Waals surface area contributed by atoms with E-state index in [-0.39, 0.29) is 11.3 Å². The predicted molar refractivity (Wildman–Crippen MR) is 94.2 cm³/mol. The molecule has 0 amide bonds. The molecule has 4 nitrogen and oxygen atoms in total. The van der Waals surface area contributed by atoms with Crippen LogP contribution in [-0.4, -0.2) is 46.0 Å². The van der Waals surface area contributed by atoms with Crippen LogP contribution >= 0.6 is 11.6 Å². The van der Waals surface area contributed by atoms with Crippen molar-refractivity contribution in [2.75, 3.05) is 26.3 Å². The standard InChI is InChI=1S/C18H24ClN3O/c1-3-4-17(14(2)19)15-5-6-18-20-11-16(22(18)12-15)13-21-7-9-23-10-8-21/h3-6,11-12,14,17H,7-10,13H2,1-2H3/b4-3-. The minimum absolute atomic E-state index is 0.0508. The molecule has 124 valence electrons. The van der Waals surface area contributed by atoms with Crippen LogP contribution in [0.15, 0.2) is 36.7 Å². The number of imidazole rings is 1. The number of halogens is 1. The van der Waals surface area contributed by atoms with Gasteiger partial charge in [-0.2, -0.15) is 0 Å². The lowest BCUT2D eigenvalue weighted by molar-refractivity contribution is 0.0335. The first-order valence-corrected chi connectivity index (χ1v) is 8.65. The zero-order valence-electron chi connectivity index (χ0n) is 13.8. The number of ether oxygens (including phenoxy) is 1. The van der Waals surface area contributed by atoms with Gasteiger partial charge in [-0.1, -0.05) is 18.2 Å². The van der Waals surface area contributed by atoms with Crippen LogP contribution in [0.4, 0.5) is 0 Å². The number of nitrogens with zero attached hydrogens (tertiary/aromatic N) is 3. The summed E-state index contributed by atoms with van der Waals surface area (Å²) in [5.41, 5.74) is 3.42. The number of morpholine rings is 1. The molecule has 2 atom stereocenters. The Labute approximate surface area is 142 Å². The number of hydrogen-bond donors (Lipinski definition) is 0. The molecule has 3 heterocycles. The van der Waals surface area contributed by atoms with Crippen LogP contribution in [0.2, 0.25) is 0 Å². The molecule has 0 radical (unpaired) electrons. The van der Waals surface area contributed by atoms with E-state index in [0.717, 1.165) is 38.5 Å². The quantitative estimate of drug-likeness (QED) is 0.620. The molecule has 2 unspecified atom stereocenters. The fourth-order valence-electron chi connectivity index (χ4n) is 3.09. The van der Waals surface area contributed by atoms with E-state index in [1.54, 1.807) is 0 Å². The molecule has 1 fully saturated rings. The molecule has 0 aliphatic carbocycles. The van der Waals surface area contributed by atoms with Gasteiger partial charge in [0.25, 0.3) is 0 Å². The maximum absolute atomic E-state index is 6.38. The first kappa shape index (κ1) is 16.5. The highest BCUT2D eigenvalue weighted by Crippen LogP contribution is 2.26. The van der Waals surface area contributed by atoms with Gasteiger partial charge in [-0.15, -0.1) is 11.6 Å². The van der Waals surface area contributed by atoms with Gasteiger partial charge in [-0.05, 0) is 25.5 Å². The summed E-state index contributed by atoms with van der Waals surface area (Å²) in [6.07, 6.45) is 8.39. The molecule has 1 saturated heterocycles. The highest BCUT2D eigenvalue weighted by molar-refractivity contribution is 6.21. The lowest BCUT2D eigenvalue weighted by Gasteiger charge is -2.26. The summed E-state index contributed by atoms with van der Waals surface area (Å²) in [6, 6.07) is 4.21. The first-order valence-electron chi connectivity index (χ1n) is 8.22. The predicted octanol–water partition coefficient (Wildman–Crippen LogP) is 3.45. The summed E-state index contributed by atoms with van der Waals surface area (Å²) < 4.78 is 7.62. The topological polar surface area (TPSA) is 29.8 Å². The number of allylic oxidation sites excluding steroid dienone is 2. The maximum Gasteiger partial charge on any atom is 0.136 e. The van der Waals surface area contributed by atoms with E-state index in [9.17, 15) is 0 Å². The highest BCUT2D eigenvalue weighted by Gasteiger charge is 2.17. The van der Waals surface area contributed by atoms with E-state index in [1.165, 1.54) is 11.3 Å². The maximum atomic E-state index is 6.38. The van der Waals surface area contributed by atoms with E-state index in [0.29, 0.717) is 0 Å². The molecule has 0 saturated carbocycles. The van der Waals surface area contributed by atoms with Gasteiger partial charge in [0.15, 0.2) is 0 Å². The molecular formula is C18H24ClN3O. The van der Waals surface area contributed by atoms with Gasteiger partial charge in [-0.3, -0.25) is 4.90 Å². The van der Waals surface area contributed by atoms with E-state index in [1.807, 2.05) is 20.0 Å². The normalized spacial score (nSPS) is 19.4. The van der Waals surface area contributed by atoms with Crippen LogP contribution in [0.5, 0.6) is 0 Å². The summed E-state index contributed by atoms with van der Waals surface area (Å²) >= 11 is 6.38. The number of pyridine rings is 1. The van der Waals surface area contributed by atoms with Crippen LogP contribution < -0.4 is 0 Å². The highest BCUT2D eigenvalue weighted by atomic mass is 35.5. The molecule has 0 N–H and O–H groups in total. The van der Waals surface area contributed by atoms with Crippen molar-refractivity contribution in [3.8, 4) is 0 Å². The molecule has 3 rings (SSSR count). The number of aromatic nitrogens is 2. The lowest BCUT2D eigenvalue weighted by atomic mass is 9.97. The Morgan fingerprint density at radius 1 is 1.35 bits per heavy atom. The number of alkyl halides is 1. The van der Waals surface area contributed by atoms with Crippen molar-refractivity contribution in [3.63, 3.8) is 0 Å². The fraction of sp³-hybridized carbons (Fsp3) is 0.500. The van der Waals surface area contributed by atoms with Crippen molar-refractivity contribution in [1.29, 1.82) is 0 Å². The molecule has 0 aromatic carbocycles. The van der Waals surface area contributed by atoms with Crippen molar-refractivity contribution in [2.24, 2.45) is 0 Å². The zero-order chi connectivity index (χ0) is 16.2. The Bertz CT molecular complexity index is 674. The number of fused-ring (bicyclic) bond motifs is 1. The second-order valence-corrected chi connectivity index (χ2v) is 6.75. The molecule has 1 aliphatic rings. The number of hydrogen-bond acceptors (Lipinski definition) is 3. The zero-order valence-corrected chi connectivity index (χ0v) is 14.5. The van der Waals surface area contributed by atoms with Crippen LogP contribution in [-0.2, 0) is 11.3 Å². The van der Waals surface area contributed by atoms with Gasteiger partial charge in [0.2, 0.25) is 0 Å². The second-order valence-electron chi connectivity index (χ2n) is 6.06. The Hall–Kier alpha value is -1.36. The van der Waals surface area contributed by atoms with Crippen LogP contribution in [0, 0.1) is 0 Å². The second kappa shape index (κ2) is 7.47. The van der Waals surface area contributed by atoms with Crippen molar-refractivity contribution in [3.05, 3.63) is 47.9 Å². The third-order valence-electron chi connectivity index (χ3n) is 4.37. The minimum Gasteiger partial charge on any atom is -0.379 e. The Kier molecular flexibility index (Phi) is 5.36. The SMILES string of the molecule is C/C=C\C(c1ccc2ncc(CN3CCOCC3)n2c1)C(C)Cl. The van der Waals surface area contributed by atoms with Gasteiger partial charge in [0.1, 0.15) is 5.65 Å². The Balaban J connectivity index is 1.89. The minimum atomic E-state index is 0.0508. The smallest absolute Gasteiger partial charge is 0.136 e. The molecule has 5 heteroatoms. The lowest BCUT2D eigenvalue weighted by Crippen LogP contribution is -2.35. The third-order valence-corrected chi connectivity index (χ3v) is 4.65. The van der Waals surface area contributed by atoms with Gasteiger partial charge in [0.05, 0.1) is 25.1 Å². The molecule has 0 spiro atoms. The summed E-state index contributed by atoms with van der Waals surface area (Å²) in [5, 5.41) is 0.0508. The Morgan fingerprint density at radius 2 is 2.13 bits per heavy atom. The first-order chi connectivity index (χ1) is 11.2. The van der Waals surface area contributed by atoms with Crippen molar-refractivity contribution in [2.45, 2.75) is 31.7 Å². The largest absolute Gasteiger partial charge is 0.379 e. The van der Waals surface area contributed by atoms with E-state index in [2.05, 4.69) is 44.8 Å². The molecule has 23 heavy (non-hydrogen) atoms. The molecule has 1 aliphatic heterocycles. The average Bonchev–Trinajstić information content (AvgIpc) is 2.95. The summed E-state index contributed by atoms with van der Waals surface area (Å²) in [7, 11) is 0. The van der Waals surface area contributed by atoms with Crippen LogP contribution in [0.1, 0.15) is 31.0 Å². The average molecular weight is 334 g/mol. The van der Waals surface area contributed by atoms with E-state index >= 15 is 0 Å². The summed E-state index contributed by atoms with van der Waals surface area (Å²) in [6.45, 7) is 8.56. The van der Waals surface area contributed by atoms with Crippen molar-refractivity contribution < 1.29 is 4.74 Å². The van der Waals surface area contributed by atoms with Crippen molar-refractivity contribution in [1.82, 2.24) is 14.3 Å². The van der Waals surface area contributed by atoms with Crippen LogP contribution in [0.25, 0.3) is 5.65 Å². The molecule has 2 aromatic rings. The van der Waals surface area contributed by atoms with Gasteiger partial charge < -0.3 is 9.14 Å². The molecular weight excluding hydrogens is 310 g/mol. The molecule has 0 bridgehead atoms. The fourth-order valence-corrected chi connectivity index (χ4v) is 3.32. The Morgan fingerprint density at radius 3 is 2.83 bits per heavy atom. The van der Waals surface area contributed by atoms with Gasteiger partial charge in [0, 0.05) is 37.1 Å². The third kappa shape index (κ3) is 3.77. The van der Waals surface area contributed by atoms with E-state index in [4.69, 9.17) is 16.3 Å². The summed E-state index contributed by atoms with van der Waals surface area (Å²) in [4.78, 5) is 6.94.